The molecule has 2 fully saturated rings. The van der Waals surface area contributed by atoms with E-state index in [-0.39, 0.29) is 48.8 Å². The molecule has 1 amide bonds. The maximum atomic E-state index is 13.5. The molecule has 4 bridgehead atoms. The number of fused-ring (bicyclic) bond motifs is 6. The van der Waals surface area contributed by atoms with Crippen molar-refractivity contribution < 1.29 is 31.1 Å². The number of nitrogens with zero attached hydrogens (tertiary/aromatic N) is 6. The first-order valence-corrected chi connectivity index (χ1v) is 15.5. The standard InChI is InChI=1S/C27H32F3N7O4S/c1-17-18(2)23(37-14-6-20(32-37)41-15-3-8-26(9-10-26)27(28,29)30)31-24-22(17)25(38)34-42(39,40)21-7-13-36(33-21)12-5-19-4-11-35(24)16-19/h6-7,13-14,19H,3-5,8-12,15-16H2,1-2H3,(H,34,38). The monoisotopic (exact) mass is 607 g/mol. The van der Waals surface area contributed by atoms with E-state index in [2.05, 4.69) is 14.9 Å². The molecule has 0 aromatic carbocycles. The summed E-state index contributed by atoms with van der Waals surface area (Å²) in [7, 11) is -4.21. The van der Waals surface area contributed by atoms with Gasteiger partial charge in [0.05, 0.1) is 17.6 Å². The number of hydrogen-bond donors (Lipinski definition) is 1. The van der Waals surface area contributed by atoms with Gasteiger partial charge in [0.25, 0.3) is 15.9 Å². The minimum atomic E-state index is -4.21. The second-order valence-electron chi connectivity index (χ2n) is 11.5. The Labute approximate surface area is 241 Å². The van der Waals surface area contributed by atoms with Crippen LogP contribution in [-0.2, 0) is 16.6 Å². The number of hydrogen-bond acceptors (Lipinski definition) is 8. The van der Waals surface area contributed by atoms with Gasteiger partial charge in [-0.1, -0.05) is 0 Å². The number of aryl methyl sites for hydroxylation is 1. The van der Waals surface area contributed by atoms with Crippen molar-refractivity contribution >= 4 is 21.7 Å². The van der Waals surface area contributed by atoms with Crippen LogP contribution in [0.3, 0.4) is 0 Å². The average molecular weight is 608 g/mol. The summed E-state index contributed by atoms with van der Waals surface area (Å²) in [5, 5.41) is 8.37. The summed E-state index contributed by atoms with van der Waals surface area (Å²) in [5.41, 5.74) is -0.236. The van der Waals surface area contributed by atoms with E-state index in [0.717, 1.165) is 12.8 Å². The SMILES string of the molecule is Cc1c(-n2ccc(OCCCC3(C(F)(F)F)CC3)n2)nc2c(c1C)C(=O)NS(=O)(=O)c1ccn(n1)CCC1CCN2C1. The number of sulfonamides is 1. The first kappa shape index (κ1) is 28.5. The van der Waals surface area contributed by atoms with E-state index in [1.165, 1.54) is 10.7 Å². The van der Waals surface area contributed by atoms with Crippen LogP contribution in [0.2, 0.25) is 0 Å². The van der Waals surface area contributed by atoms with Gasteiger partial charge in [0.15, 0.2) is 10.8 Å². The Morgan fingerprint density at radius 3 is 2.57 bits per heavy atom. The quantitative estimate of drug-likeness (QED) is 0.418. The Morgan fingerprint density at radius 2 is 1.83 bits per heavy atom. The number of pyridine rings is 1. The lowest BCUT2D eigenvalue weighted by Gasteiger charge is -2.24. The number of carbonyl (C=O) groups excluding carboxylic acids is 1. The number of alkyl halides is 3. The van der Waals surface area contributed by atoms with Gasteiger partial charge in [-0.05, 0) is 75.5 Å². The molecule has 1 saturated carbocycles. The minimum Gasteiger partial charge on any atom is -0.477 e. The fourth-order valence-corrected chi connectivity index (χ4v) is 6.72. The molecule has 0 spiro atoms. The number of ether oxygens (including phenoxy) is 1. The predicted octanol–water partition coefficient (Wildman–Crippen LogP) is 3.93. The van der Waals surface area contributed by atoms with E-state index in [1.807, 2.05) is 4.90 Å². The summed E-state index contributed by atoms with van der Waals surface area (Å²) >= 11 is 0. The largest absolute Gasteiger partial charge is 0.477 e. The summed E-state index contributed by atoms with van der Waals surface area (Å²) in [6.45, 7) is 5.44. The van der Waals surface area contributed by atoms with Crippen LogP contribution < -0.4 is 14.4 Å². The molecule has 1 atom stereocenters. The molecule has 226 valence electrons. The highest BCUT2D eigenvalue weighted by Crippen LogP contribution is 2.60. The summed E-state index contributed by atoms with van der Waals surface area (Å²) in [6, 6.07) is 2.99. The second-order valence-corrected chi connectivity index (χ2v) is 13.1. The number of halogens is 3. The third-order valence-electron chi connectivity index (χ3n) is 8.69. The Bertz CT molecular complexity index is 1630. The van der Waals surface area contributed by atoms with Crippen molar-refractivity contribution in [3.63, 3.8) is 0 Å². The highest BCUT2D eigenvalue weighted by atomic mass is 32.2. The van der Waals surface area contributed by atoms with Gasteiger partial charge in [-0.15, -0.1) is 5.10 Å². The Hall–Kier alpha value is -3.62. The van der Waals surface area contributed by atoms with Crippen molar-refractivity contribution in [1.29, 1.82) is 0 Å². The molecule has 0 radical (unpaired) electrons. The van der Waals surface area contributed by atoms with Gasteiger partial charge >= 0.3 is 6.18 Å². The topological polar surface area (TPSA) is 124 Å². The number of aromatic nitrogens is 5. The van der Waals surface area contributed by atoms with Crippen molar-refractivity contribution in [3.8, 4) is 11.7 Å². The average Bonchev–Trinajstić information content (AvgIpc) is 3.29. The highest BCUT2D eigenvalue weighted by molar-refractivity contribution is 7.90. The van der Waals surface area contributed by atoms with Gasteiger partial charge in [-0.2, -0.15) is 26.7 Å². The number of anilines is 1. The minimum absolute atomic E-state index is 0.0260. The first-order chi connectivity index (χ1) is 19.9. The maximum absolute atomic E-state index is 13.5. The predicted molar refractivity (Wildman–Crippen MR) is 145 cm³/mol. The Kier molecular flexibility index (Phi) is 6.97. The first-order valence-electron chi connectivity index (χ1n) is 14.0. The molecule has 1 saturated heterocycles. The molecule has 3 aliphatic rings. The molecule has 1 aliphatic carbocycles. The third-order valence-corrected chi connectivity index (χ3v) is 9.91. The van der Waals surface area contributed by atoms with Crippen LogP contribution in [0.25, 0.3) is 5.82 Å². The molecule has 1 N–H and O–H groups in total. The highest BCUT2D eigenvalue weighted by Gasteiger charge is 2.62. The summed E-state index contributed by atoms with van der Waals surface area (Å²) in [5.74, 6) is 0.563. The molecule has 3 aromatic heterocycles. The molecule has 15 heteroatoms. The molecule has 5 heterocycles. The molecule has 11 nitrogen and oxygen atoms in total. The van der Waals surface area contributed by atoms with Crippen LogP contribution in [0.15, 0.2) is 29.6 Å². The molecular weight excluding hydrogens is 575 g/mol. The fourth-order valence-electron chi connectivity index (χ4n) is 5.81. The van der Waals surface area contributed by atoms with Crippen LogP contribution >= 0.6 is 0 Å². The van der Waals surface area contributed by atoms with Crippen molar-refractivity contribution in [2.75, 3.05) is 24.6 Å². The Morgan fingerprint density at radius 1 is 1.07 bits per heavy atom. The van der Waals surface area contributed by atoms with Crippen LogP contribution in [0.5, 0.6) is 5.88 Å². The number of rotatable bonds is 6. The molecule has 1 unspecified atom stereocenters. The van der Waals surface area contributed by atoms with Crippen molar-refractivity contribution in [2.24, 2.45) is 11.3 Å². The van der Waals surface area contributed by atoms with Gasteiger partial charge in [0.2, 0.25) is 5.88 Å². The number of amides is 1. The molecule has 2 aliphatic heterocycles. The summed E-state index contributed by atoms with van der Waals surface area (Å²) in [6.07, 6.45) is 1.34. The summed E-state index contributed by atoms with van der Waals surface area (Å²) in [4.78, 5) is 20.4. The second kappa shape index (κ2) is 10.3. The normalized spacial score (nSPS) is 21.1. The van der Waals surface area contributed by atoms with Crippen molar-refractivity contribution in [1.82, 2.24) is 29.3 Å². The number of nitrogens with one attached hydrogen (secondary N) is 1. The van der Waals surface area contributed by atoms with Crippen LogP contribution in [0.4, 0.5) is 19.0 Å². The molecule has 6 rings (SSSR count). The zero-order valence-corrected chi connectivity index (χ0v) is 24.1. The molecule has 42 heavy (non-hydrogen) atoms. The van der Waals surface area contributed by atoms with E-state index in [1.54, 1.807) is 37.0 Å². The third kappa shape index (κ3) is 5.22. The zero-order chi connectivity index (χ0) is 29.9. The van der Waals surface area contributed by atoms with Gasteiger partial charge in [-0.25, -0.2) is 14.4 Å². The van der Waals surface area contributed by atoms with E-state index in [0.29, 0.717) is 48.3 Å². The zero-order valence-electron chi connectivity index (χ0n) is 23.3. The van der Waals surface area contributed by atoms with Gasteiger partial charge in [0.1, 0.15) is 5.82 Å². The van der Waals surface area contributed by atoms with Crippen LogP contribution in [0.1, 0.15) is 60.0 Å². The molecule has 3 aromatic rings. The van der Waals surface area contributed by atoms with Crippen molar-refractivity contribution in [2.45, 2.75) is 70.1 Å². The number of carbonyl (C=O) groups is 1. The van der Waals surface area contributed by atoms with Gasteiger partial charge in [-0.3, -0.25) is 9.48 Å². The van der Waals surface area contributed by atoms with Gasteiger partial charge in [0, 0.05) is 38.1 Å². The van der Waals surface area contributed by atoms with Crippen LogP contribution in [0, 0.1) is 25.2 Å². The Balaban J connectivity index is 1.27. The fraction of sp³-hybridized carbons (Fsp3) is 0.556. The summed E-state index contributed by atoms with van der Waals surface area (Å²) < 4.78 is 76.5. The lowest BCUT2D eigenvalue weighted by Crippen LogP contribution is -2.34. The van der Waals surface area contributed by atoms with Crippen LogP contribution in [-0.4, -0.2) is 64.7 Å². The van der Waals surface area contributed by atoms with E-state index < -0.39 is 27.5 Å². The maximum Gasteiger partial charge on any atom is 0.394 e. The van der Waals surface area contributed by atoms with E-state index >= 15 is 0 Å². The van der Waals surface area contributed by atoms with Gasteiger partial charge < -0.3 is 9.64 Å². The lowest BCUT2D eigenvalue weighted by atomic mass is 10.0. The lowest BCUT2D eigenvalue weighted by molar-refractivity contribution is -0.189. The molecular formula is C27H32F3N7O4S. The smallest absolute Gasteiger partial charge is 0.394 e. The van der Waals surface area contributed by atoms with E-state index in [9.17, 15) is 26.4 Å². The van der Waals surface area contributed by atoms with Crippen molar-refractivity contribution in [3.05, 3.63) is 41.2 Å². The van der Waals surface area contributed by atoms with E-state index in [4.69, 9.17) is 9.72 Å².